The second kappa shape index (κ2) is 13.3. The van der Waals surface area contributed by atoms with Crippen molar-refractivity contribution in [1.82, 2.24) is 10.2 Å². The fraction of sp³-hybridized carbons (Fsp3) is 0.632. The molecule has 0 saturated carbocycles. The maximum atomic E-state index is 12.2. The largest absolute Gasteiger partial charge is 0.377 e. The summed E-state index contributed by atoms with van der Waals surface area (Å²) in [7, 11) is 0. The van der Waals surface area contributed by atoms with Crippen LogP contribution in [0.5, 0.6) is 0 Å². The summed E-state index contributed by atoms with van der Waals surface area (Å²) in [5.41, 5.74) is 7.13. The molecule has 1 aliphatic rings. The first kappa shape index (κ1) is 25.1. The standard InChI is InChI=1S/C19H31N3O2.2ClH/c1-15(2)24-13-12-22-10-8-17(9-11-22)21-19(23)14-18(20)16-6-4-3-5-7-16;;/h3-7,15,17-18H,8-14,20H2,1-2H3,(H,21,23);2*1H. The Kier molecular flexibility index (Phi) is 12.9. The van der Waals surface area contributed by atoms with Crippen molar-refractivity contribution in [3.05, 3.63) is 35.9 Å². The number of nitrogens with two attached hydrogens (primary N) is 1. The molecule has 150 valence electrons. The Balaban J connectivity index is 0.00000312. The first-order chi connectivity index (χ1) is 11.5. The van der Waals surface area contributed by atoms with Crippen LogP contribution in [0.3, 0.4) is 0 Å². The maximum Gasteiger partial charge on any atom is 0.222 e. The molecular formula is C19H33Cl2N3O2. The van der Waals surface area contributed by atoms with Gasteiger partial charge in [0.15, 0.2) is 0 Å². The van der Waals surface area contributed by atoms with Crippen LogP contribution in [-0.2, 0) is 9.53 Å². The minimum absolute atomic E-state index is 0. The van der Waals surface area contributed by atoms with Crippen LogP contribution in [0.25, 0.3) is 0 Å². The van der Waals surface area contributed by atoms with Gasteiger partial charge in [-0.2, -0.15) is 0 Å². The topological polar surface area (TPSA) is 67.6 Å². The Morgan fingerprint density at radius 1 is 1.23 bits per heavy atom. The average molecular weight is 406 g/mol. The van der Waals surface area contributed by atoms with Gasteiger partial charge in [0.1, 0.15) is 0 Å². The van der Waals surface area contributed by atoms with Crippen molar-refractivity contribution in [2.24, 2.45) is 5.73 Å². The van der Waals surface area contributed by atoms with Crippen molar-refractivity contribution >= 4 is 30.7 Å². The van der Waals surface area contributed by atoms with E-state index in [0.717, 1.165) is 44.6 Å². The molecule has 1 fully saturated rings. The van der Waals surface area contributed by atoms with Gasteiger partial charge in [-0.25, -0.2) is 0 Å². The SMILES string of the molecule is CC(C)OCCN1CCC(NC(=O)CC(N)c2ccccc2)CC1.Cl.Cl. The number of rotatable bonds is 8. The molecule has 0 bridgehead atoms. The fourth-order valence-corrected chi connectivity index (χ4v) is 3.02. The summed E-state index contributed by atoms with van der Waals surface area (Å²) in [6.07, 6.45) is 2.62. The van der Waals surface area contributed by atoms with Crippen molar-refractivity contribution in [2.45, 2.75) is 51.3 Å². The first-order valence-electron chi connectivity index (χ1n) is 8.98. The number of piperidine rings is 1. The number of hydrogen-bond donors (Lipinski definition) is 2. The van der Waals surface area contributed by atoms with E-state index in [-0.39, 0.29) is 48.9 Å². The highest BCUT2D eigenvalue weighted by atomic mass is 35.5. The third-order valence-electron chi connectivity index (χ3n) is 4.44. The molecule has 5 nitrogen and oxygen atoms in total. The Hall–Kier alpha value is -0.850. The Morgan fingerprint density at radius 3 is 2.42 bits per heavy atom. The number of nitrogens with zero attached hydrogens (tertiary/aromatic N) is 1. The van der Waals surface area contributed by atoms with E-state index in [2.05, 4.69) is 24.1 Å². The molecule has 0 radical (unpaired) electrons. The number of benzene rings is 1. The number of likely N-dealkylation sites (tertiary alicyclic amines) is 1. The highest BCUT2D eigenvalue weighted by molar-refractivity contribution is 5.85. The monoisotopic (exact) mass is 405 g/mol. The van der Waals surface area contributed by atoms with Gasteiger partial charge in [0, 0.05) is 38.1 Å². The minimum atomic E-state index is -0.237. The quantitative estimate of drug-likeness (QED) is 0.697. The van der Waals surface area contributed by atoms with E-state index in [1.807, 2.05) is 30.3 Å². The van der Waals surface area contributed by atoms with Crippen LogP contribution in [0.1, 0.15) is 44.7 Å². The van der Waals surface area contributed by atoms with E-state index in [4.69, 9.17) is 10.5 Å². The van der Waals surface area contributed by atoms with Crippen LogP contribution < -0.4 is 11.1 Å². The molecule has 1 aromatic rings. The van der Waals surface area contributed by atoms with Crippen LogP contribution in [0.2, 0.25) is 0 Å². The zero-order valence-electron chi connectivity index (χ0n) is 15.7. The van der Waals surface area contributed by atoms with Gasteiger partial charge in [-0.3, -0.25) is 4.79 Å². The third kappa shape index (κ3) is 9.19. The van der Waals surface area contributed by atoms with Gasteiger partial charge >= 0.3 is 0 Å². The molecule has 0 spiro atoms. The zero-order valence-corrected chi connectivity index (χ0v) is 17.4. The van der Waals surface area contributed by atoms with Gasteiger partial charge in [0.05, 0.1) is 12.7 Å². The molecule has 1 aromatic carbocycles. The van der Waals surface area contributed by atoms with Crippen LogP contribution >= 0.6 is 24.8 Å². The lowest BCUT2D eigenvalue weighted by Gasteiger charge is -2.32. The fourth-order valence-electron chi connectivity index (χ4n) is 3.02. The number of carbonyl (C=O) groups excluding carboxylic acids is 1. The van der Waals surface area contributed by atoms with Crippen LogP contribution in [0.15, 0.2) is 30.3 Å². The third-order valence-corrected chi connectivity index (χ3v) is 4.44. The van der Waals surface area contributed by atoms with Crippen molar-refractivity contribution in [1.29, 1.82) is 0 Å². The van der Waals surface area contributed by atoms with E-state index in [1.54, 1.807) is 0 Å². The lowest BCUT2D eigenvalue weighted by atomic mass is 10.0. The Bertz CT molecular complexity index is 495. The summed E-state index contributed by atoms with van der Waals surface area (Å²) in [6, 6.07) is 9.82. The lowest BCUT2D eigenvalue weighted by molar-refractivity contribution is -0.122. The summed E-state index contributed by atoms with van der Waals surface area (Å²) >= 11 is 0. The molecule has 7 heteroatoms. The Labute approximate surface area is 169 Å². The summed E-state index contributed by atoms with van der Waals surface area (Å²) in [6.45, 7) is 7.89. The second-order valence-electron chi connectivity index (χ2n) is 6.82. The highest BCUT2D eigenvalue weighted by Gasteiger charge is 2.21. The van der Waals surface area contributed by atoms with Gasteiger partial charge in [-0.1, -0.05) is 30.3 Å². The summed E-state index contributed by atoms with van der Waals surface area (Å²) in [4.78, 5) is 14.6. The summed E-state index contributed by atoms with van der Waals surface area (Å²) in [5.74, 6) is 0.0490. The molecule has 26 heavy (non-hydrogen) atoms. The van der Waals surface area contributed by atoms with Gasteiger partial charge in [0.2, 0.25) is 5.91 Å². The van der Waals surface area contributed by atoms with Crippen LogP contribution in [0, 0.1) is 0 Å². The number of amides is 1. The second-order valence-corrected chi connectivity index (χ2v) is 6.82. The lowest BCUT2D eigenvalue weighted by Crippen LogP contribution is -2.45. The van der Waals surface area contributed by atoms with Crippen LogP contribution in [0.4, 0.5) is 0 Å². The minimum Gasteiger partial charge on any atom is -0.377 e. The number of hydrogen-bond acceptors (Lipinski definition) is 4. The molecule has 2 rings (SSSR count). The molecule has 0 aromatic heterocycles. The Morgan fingerprint density at radius 2 is 1.85 bits per heavy atom. The number of carbonyl (C=O) groups is 1. The van der Waals surface area contributed by atoms with E-state index in [1.165, 1.54) is 0 Å². The average Bonchev–Trinajstić information content (AvgIpc) is 2.57. The van der Waals surface area contributed by atoms with E-state index >= 15 is 0 Å². The number of nitrogens with one attached hydrogen (secondary N) is 1. The first-order valence-corrected chi connectivity index (χ1v) is 8.98. The van der Waals surface area contributed by atoms with Crippen LogP contribution in [-0.4, -0.2) is 49.2 Å². The zero-order chi connectivity index (χ0) is 17.4. The van der Waals surface area contributed by atoms with E-state index in [9.17, 15) is 4.79 Å². The van der Waals surface area contributed by atoms with E-state index in [0.29, 0.717) is 6.42 Å². The van der Waals surface area contributed by atoms with Crippen molar-refractivity contribution in [3.63, 3.8) is 0 Å². The van der Waals surface area contributed by atoms with Gasteiger partial charge in [0.25, 0.3) is 0 Å². The predicted molar refractivity (Wildman–Crippen MR) is 111 cm³/mol. The van der Waals surface area contributed by atoms with Crippen molar-refractivity contribution in [2.75, 3.05) is 26.2 Å². The summed E-state index contributed by atoms with van der Waals surface area (Å²) in [5, 5.41) is 3.14. The molecule has 0 aliphatic carbocycles. The highest BCUT2D eigenvalue weighted by Crippen LogP contribution is 2.15. The van der Waals surface area contributed by atoms with Gasteiger partial charge in [-0.05, 0) is 32.3 Å². The van der Waals surface area contributed by atoms with Gasteiger partial charge < -0.3 is 20.7 Å². The predicted octanol–water partition coefficient (Wildman–Crippen LogP) is 2.93. The van der Waals surface area contributed by atoms with Gasteiger partial charge in [-0.15, -0.1) is 24.8 Å². The van der Waals surface area contributed by atoms with E-state index < -0.39 is 0 Å². The molecular weight excluding hydrogens is 373 g/mol. The number of halogens is 2. The molecule has 1 amide bonds. The molecule has 1 atom stereocenters. The number of ether oxygens (including phenoxy) is 1. The molecule has 1 saturated heterocycles. The molecule has 1 unspecified atom stereocenters. The van der Waals surface area contributed by atoms with Crippen molar-refractivity contribution < 1.29 is 9.53 Å². The molecule has 1 heterocycles. The smallest absolute Gasteiger partial charge is 0.222 e. The maximum absolute atomic E-state index is 12.2. The normalized spacial score (nSPS) is 16.5. The van der Waals surface area contributed by atoms with Crippen molar-refractivity contribution in [3.8, 4) is 0 Å². The summed E-state index contributed by atoms with van der Waals surface area (Å²) < 4.78 is 5.60. The molecule has 1 aliphatic heterocycles. The molecule has 3 N–H and O–H groups in total.